The summed E-state index contributed by atoms with van der Waals surface area (Å²) in [6, 6.07) is 2.90. The zero-order valence-electron chi connectivity index (χ0n) is 12.6. The van der Waals surface area contributed by atoms with Crippen LogP contribution in [0.3, 0.4) is 0 Å². The molecule has 0 aliphatic heterocycles. The lowest BCUT2D eigenvalue weighted by Gasteiger charge is -2.33. The summed E-state index contributed by atoms with van der Waals surface area (Å²) in [5.74, 6) is 0.395. The quantitative estimate of drug-likeness (QED) is 0.919. The van der Waals surface area contributed by atoms with Crippen molar-refractivity contribution in [1.82, 2.24) is 9.62 Å². The van der Waals surface area contributed by atoms with E-state index >= 15 is 0 Å². The van der Waals surface area contributed by atoms with Gasteiger partial charge in [-0.05, 0) is 37.9 Å². The number of hydrogen-bond donors (Lipinski definition) is 1. The molecule has 0 radical (unpaired) electrons. The number of carbonyl (C=O) groups excluding carboxylic acids is 1. The molecule has 1 heterocycles. The van der Waals surface area contributed by atoms with Crippen LogP contribution in [0.1, 0.15) is 43.2 Å². The van der Waals surface area contributed by atoms with Gasteiger partial charge in [0.05, 0.1) is 0 Å². The van der Waals surface area contributed by atoms with Crippen LogP contribution >= 0.6 is 0 Å². The SMILES string of the molecule is CNS(=O)(=O)c1ccc(C(=O)N(C)[C@H]2CCC[C@@H](C)C2)o1. The minimum absolute atomic E-state index is 0.0598. The summed E-state index contributed by atoms with van der Waals surface area (Å²) < 4.78 is 30.6. The van der Waals surface area contributed by atoms with E-state index in [-0.39, 0.29) is 22.8 Å². The Labute approximate surface area is 125 Å². The molecule has 1 aromatic heterocycles. The molecule has 0 aromatic carbocycles. The Kier molecular flexibility index (Phi) is 4.73. The van der Waals surface area contributed by atoms with Crippen LogP contribution < -0.4 is 4.72 Å². The van der Waals surface area contributed by atoms with E-state index in [2.05, 4.69) is 11.6 Å². The lowest BCUT2D eigenvalue weighted by molar-refractivity contribution is 0.0635. The predicted molar refractivity (Wildman–Crippen MR) is 78.5 cm³/mol. The van der Waals surface area contributed by atoms with Crippen molar-refractivity contribution in [1.29, 1.82) is 0 Å². The van der Waals surface area contributed by atoms with Gasteiger partial charge in [-0.2, -0.15) is 0 Å². The predicted octanol–water partition coefficient (Wildman–Crippen LogP) is 1.84. The maximum Gasteiger partial charge on any atom is 0.289 e. The van der Waals surface area contributed by atoms with Gasteiger partial charge < -0.3 is 9.32 Å². The maximum atomic E-state index is 12.4. The summed E-state index contributed by atoms with van der Waals surface area (Å²) in [7, 11) is -0.607. The van der Waals surface area contributed by atoms with Gasteiger partial charge in [-0.1, -0.05) is 19.8 Å². The highest BCUT2D eigenvalue weighted by molar-refractivity contribution is 7.89. The van der Waals surface area contributed by atoms with Crippen LogP contribution in [0.4, 0.5) is 0 Å². The van der Waals surface area contributed by atoms with Gasteiger partial charge >= 0.3 is 0 Å². The van der Waals surface area contributed by atoms with Crippen molar-refractivity contribution in [2.75, 3.05) is 14.1 Å². The van der Waals surface area contributed by atoms with Crippen molar-refractivity contribution in [2.45, 2.75) is 43.7 Å². The third-order valence-electron chi connectivity index (χ3n) is 4.10. The van der Waals surface area contributed by atoms with Crippen molar-refractivity contribution in [3.05, 3.63) is 17.9 Å². The second-order valence-corrected chi connectivity index (χ2v) is 7.49. The molecule has 6 nitrogen and oxygen atoms in total. The molecule has 7 heteroatoms. The molecule has 1 aromatic rings. The molecule has 1 fully saturated rings. The first-order valence-corrected chi connectivity index (χ1v) is 8.64. The number of amides is 1. The van der Waals surface area contributed by atoms with Crippen molar-refractivity contribution in [2.24, 2.45) is 5.92 Å². The molecule has 1 N–H and O–H groups in total. The molecule has 0 saturated heterocycles. The van der Waals surface area contributed by atoms with E-state index < -0.39 is 10.0 Å². The van der Waals surface area contributed by atoms with Crippen molar-refractivity contribution in [3.8, 4) is 0 Å². The fraction of sp³-hybridized carbons (Fsp3) is 0.643. The molecule has 1 aliphatic rings. The molecule has 21 heavy (non-hydrogen) atoms. The third-order valence-corrected chi connectivity index (χ3v) is 5.39. The van der Waals surface area contributed by atoms with Gasteiger partial charge in [0.25, 0.3) is 15.9 Å². The lowest BCUT2D eigenvalue weighted by Crippen LogP contribution is -2.39. The van der Waals surface area contributed by atoms with Gasteiger partial charge in [0.15, 0.2) is 5.76 Å². The van der Waals surface area contributed by atoms with Gasteiger partial charge in [0.2, 0.25) is 5.09 Å². The van der Waals surface area contributed by atoms with Gasteiger partial charge in [-0.15, -0.1) is 0 Å². The zero-order chi connectivity index (χ0) is 15.6. The highest BCUT2D eigenvalue weighted by Gasteiger charge is 2.28. The Balaban J connectivity index is 2.13. The number of carbonyl (C=O) groups is 1. The van der Waals surface area contributed by atoms with Crippen LogP contribution in [0.2, 0.25) is 0 Å². The van der Waals surface area contributed by atoms with E-state index in [1.54, 1.807) is 11.9 Å². The summed E-state index contributed by atoms with van der Waals surface area (Å²) >= 11 is 0. The fourth-order valence-corrected chi connectivity index (χ4v) is 3.42. The number of nitrogens with one attached hydrogen (secondary N) is 1. The van der Waals surface area contributed by atoms with E-state index in [0.717, 1.165) is 19.3 Å². The Bertz CT molecular complexity index is 608. The molecule has 2 atom stereocenters. The van der Waals surface area contributed by atoms with Crippen LogP contribution in [0, 0.1) is 5.92 Å². The fourth-order valence-electron chi connectivity index (χ4n) is 2.77. The van der Waals surface area contributed by atoms with E-state index in [9.17, 15) is 13.2 Å². The number of hydrogen-bond acceptors (Lipinski definition) is 4. The van der Waals surface area contributed by atoms with Gasteiger partial charge in [0.1, 0.15) is 0 Å². The molecular weight excluding hydrogens is 292 g/mol. The van der Waals surface area contributed by atoms with Crippen molar-refractivity contribution in [3.63, 3.8) is 0 Å². The van der Waals surface area contributed by atoms with Crippen LogP contribution in [-0.2, 0) is 10.0 Å². The zero-order valence-corrected chi connectivity index (χ0v) is 13.4. The summed E-state index contributed by atoms with van der Waals surface area (Å²) in [5, 5.41) is -0.237. The number of furan rings is 1. The van der Waals surface area contributed by atoms with E-state index in [0.29, 0.717) is 5.92 Å². The minimum atomic E-state index is -3.66. The third kappa shape index (κ3) is 3.47. The molecule has 1 amide bonds. The smallest absolute Gasteiger partial charge is 0.289 e. The Morgan fingerprint density at radius 3 is 2.71 bits per heavy atom. The first-order valence-electron chi connectivity index (χ1n) is 7.15. The van der Waals surface area contributed by atoms with Gasteiger partial charge in [0, 0.05) is 13.1 Å². The van der Waals surface area contributed by atoms with Crippen molar-refractivity contribution < 1.29 is 17.6 Å². The highest BCUT2D eigenvalue weighted by atomic mass is 32.2. The summed E-state index contributed by atoms with van der Waals surface area (Å²) in [5.41, 5.74) is 0. The largest absolute Gasteiger partial charge is 0.438 e. The Hall–Kier alpha value is -1.34. The number of nitrogens with zero attached hydrogens (tertiary/aromatic N) is 1. The van der Waals surface area contributed by atoms with Crippen LogP contribution in [-0.4, -0.2) is 39.4 Å². The monoisotopic (exact) mass is 314 g/mol. The second kappa shape index (κ2) is 6.19. The molecular formula is C14H22N2O4S. The standard InChI is InChI=1S/C14H22N2O4S/c1-10-5-4-6-11(9-10)16(3)14(17)12-7-8-13(20-12)21(18,19)15-2/h7-8,10-11,15H,4-6,9H2,1-3H3/t10-,11+/m1/s1. The molecule has 2 rings (SSSR count). The summed E-state index contributed by atoms with van der Waals surface area (Å²) in [4.78, 5) is 14.1. The molecule has 118 valence electrons. The van der Waals surface area contributed by atoms with Gasteiger partial charge in [-0.3, -0.25) is 4.79 Å². The summed E-state index contributed by atoms with van der Waals surface area (Å²) in [6.07, 6.45) is 4.27. The Morgan fingerprint density at radius 2 is 2.10 bits per heavy atom. The topological polar surface area (TPSA) is 79.6 Å². The average Bonchev–Trinajstić information content (AvgIpc) is 2.96. The molecule has 1 saturated carbocycles. The second-order valence-electron chi connectivity index (χ2n) is 5.67. The minimum Gasteiger partial charge on any atom is -0.438 e. The van der Waals surface area contributed by atoms with Crippen molar-refractivity contribution >= 4 is 15.9 Å². The molecule has 0 spiro atoms. The Morgan fingerprint density at radius 1 is 1.38 bits per heavy atom. The molecule has 0 bridgehead atoms. The van der Waals surface area contributed by atoms with Crippen LogP contribution in [0.15, 0.2) is 21.6 Å². The first-order chi connectivity index (χ1) is 9.85. The van der Waals surface area contributed by atoms with Crippen LogP contribution in [0.25, 0.3) is 0 Å². The molecule has 0 unspecified atom stereocenters. The molecule has 1 aliphatic carbocycles. The maximum absolute atomic E-state index is 12.4. The average molecular weight is 314 g/mol. The van der Waals surface area contributed by atoms with E-state index in [4.69, 9.17) is 4.42 Å². The lowest BCUT2D eigenvalue weighted by atomic mass is 9.86. The number of rotatable bonds is 4. The summed E-state index contributed by atoms with van der Waals surface area (Å²) in [6.45, 7) is 2.19. The van der Waals surface area contributed by atoms with E-state index in [1.165, 1.54) is 25.6 Å². The van der Waals surface area contributed by atoms with Gasteiger partial charge in [-0.25, -0.2) is 13.1 Å². The first kappa shape index (κ1) is 16.0. The van der Waals surface area contributed by atoms with E-state index in [1.807, 2.05) is 0 Å². The number of sulfonamides is 1. The van der Waals surface area contributed by atoms with Crippen LogP contribution in [0.5, 0.6) is 0 Å². The normalized spacial score (nSPS) is 23.0. The highest BCUT2D eigenvalue weighted by Crippen LogP contribution is 2.27.